The monoisotopic (exact) mass is 352 g/mol. The fourth-order valence-electron chi connectivity index (χ4n) is 3.02. The molecule has 1 saturated heterocycles. The van der Waals surface area contributed by atoms with E-state index in [1.165, 1.54) is 11.8 Å². The summed E-state index contributed by atoms with van der Waals surface area (Å²) < 4.78 is 5.42. The van der Waals surface area contributed by atoms with Crippen LogP contribution in [0.3, 0.4) is 0 Å². The summed E-state index contributed by atoms with van der Waals surface area (Å²) in [6.07, 6.45) is 0. The van der Waals surface area contributed by atoms with E-state index in [9.17, 15) is 9.90 Å². The second-order valence-electron chi connectivity index (χ2n) is 5.68. The molecule has 0 bridgehead atoms. The molecule has 1 atom stereocenters. The third kappa shape index (κ3) is 2.68. The van der Waals surface area contributed by atoms with E-state index < -0.39 is 0 Å². The third-order valence-electron chi connectivity index (χ3n) is 4.19. The molecule has 1 aromatic heterocycles. The largest absolute Gasteiger partial charge is 0.506 e. The minimum atomic E-state index is -0.257. The van der Waals surface area contributed by atoms with Gasteiger partial charge in [-0.05, 0) is 24.3 Å². The number of pyridine rings is 1. The van der Waals surface area contributed by atoms with Gasteiger partial charge in [0.25, 0.3) is 0 Å². The number of fused-ring (bicyclic) bond motifs is 1. The highest BCUT2D eigenvalue weighted by Gasteiger charge is 2.36. The van der Waals surface area contributed by atoms with Gasteiger partial charge in [-0.25, -0.2) is 4.98 Å². The van der Waals surface area contributed by atoms with Crippen LogP contribution in [-0.4, -0.2) is 28.9 Å². The van der Waals surface area contributed by atoms with E-state index in [-0.39, 0.29) is 17.0 Å². The number of carbonyl (C=O) groups excluding carboxylic acids is 1. The van der Waals surface area contributed by atoms with Crippen molar-refractivity contribution in [2.45, 2.75) is 5.37 Å². The summed E-state index contributed by atoms with van der Waals surface area (Å²) in [4.78, 5) is 18.9. The van der Waals surface area contributed by atoms with Crippen LogP contribution < -0.4 is 9.64 Å². The van der Waals surface area contributed by atoms with Gasteiger partial charge in [-0.1, -0.05) is 30.3 Å². The number of benzene rings is 2. The minimum Gasteiger partial charge on any atom is -0.506 e. The summed E-state index contributed by atoms with van der Waals surface area (Å²) in [7, 11) is 1.59. The number of hydrogen-bond acceptors (Lipinski definition) is 5. The molecule has 1 N–H and O–H groups in total. The van der Waals surface area contributed by atoms with E-state index in [4.69, 9.17) is 4.74 Å². The van der Waals surface area contributed by atoms with Gasteiger partial charge in [-0.3, -0.25) is 9.69 Å². The molecular formula is C19H16N2O3S. The van der Waals surface area contributed by atoms with Gasteiger partial charge in [0, 0.05) is 5.39 Å². The zero-order valence-electron chi connectivity index (χ0n) is 13.5. The van der Waals surface area contributed by atoms with E-state index in [0.29, 0.717) is 17.0 Å². The summed E-state index contributed by atoms with van der Waals surface area (Å²) in [6, 6.07) is 16.6. The zero-order chi connectivity index (χ0) is 17.4. The second kappa shape index (κ2) is 6.29. The summed E-state index contributed by atoms with van der Waals surface area (Å²) in [5.41, 5.74) is 2.00. The molecule has 0 radical (unpaired) electrons. The number of rotatable bonds is 3. The number of phenols is 1. The van der Waals surface area contributed by atoms with Crippen LogP contribution in [0.15, 0.2) is 54.6 Å². The van der Waals surface area contributed by atoms with Crippen molar-refractivity contribution in [3.05, 3.63) is 60.3 Å². The predicted molar refractivity (Wildman–Crippen MR) is 99.1 cm³/mol. The molecule has 0 spiro atoms. The molecule has 1 aliphatic heterocycles. The normalized spacial score (nSPS) is 17.2. The van der Waals surface area contributed by atoms with Crippen LogP contribution in [-0.2, 0) is 4.79 Å². The number of para-hydroxylation sites is 3. The van der Waals surface area contributed by atoms with Crippen molar-refractivity contribution < 1.29 is 14.6 Å². The lowest BCUT2D eigenvalue weighted by atomic mass is 10.1. The fourth-order valence-corrected chi connectivity index (χ4v) is 4.14. The Morgan fingerprint density at radius 2 is 2.00 bits per heavy atom. The topological polar surface area (TPSA) is 62.7 Å². The molecule has 1 amide bonds. The second-order valence-corrected chi connectivity index (χ2v) is 6.75. The fraction of sp³-hybridized carbons (Fsp3) is 0.158. The standard InChI is InChI=1S/C19H16N2O3S/c1-24-16-8-3-2-6-14(16)21-17(23)11-25-19(21)13-10-9-12-5-4-7-15(22)18(12)20-13/h2-10,19,22H,11H2,1H3. The lowest BCUT2D eigenvalue weighted by Gasteiger charge is -2.25. The van der Waals surface area contributed by atoms with E-state index >= 15 is 0 Å². The van der Waals surface area contributed by atoms with Gasteiger partial charge in [0.2, 0.25) is 5.91 Å². The SMILES string of the molecule is COc1ccccc1N1C(=O)CSC1c1ccc2cccc(O)c2n1. The molecule has 1 unspecified atom stereocenters. The smallest absolute Gasteiger partial charge is 0.238 e. The maximum Gasteiger partial charge on any atom is 0.238 e. The van der Waals surface area contributed by atoms with E-state index in [2.05, 4.69) is 4.98 Å². The van der Waals surface area contributed by atoms with Crippen molar-refractivity contribution in [3.63, 3.8) is 0 Å². The average molecular weight is 352 g/mol. The Balaban J connectivity index is 1.81. The quantitative estimate of drug-likeness (QED) is 0.778. The molecule has 5 nitrogen and oxygen atoms in total. The molecule has 4 rings (SSSR count). The Kier molecular flexibility index (Phi) is 3.97. The predicted octanol–water partition coefficient (Wildman–Crippen LogP) is 3.73. The van der Waals surface area contributed by atoms with Crippen molar-refractivity contribution in [1.29, 1.82) is 0 Å². The van der Waals surface area contributed by atoms with Gasteiger partial charge in [0.15, 0.2) is 0 Å². The van der Waals surface area contributed by atoms with Gasteiger partial charge in [-0.15, -0.1) is 11.8 Å². The maximum absolute atomic E-state index is 12.5. The summed E-state index contributed by atoms with van der Waals surface area (Å²) in [6.45, 7) is 0. The van der Waals surface area contributed by atoms with Gasteiger partial charge in [0.1, 0.15) is 22.4 Å². The lowest BCUT2D eigenvalue weighted by Crippen LogP contribution is -2.28. The number of methoxy groups -OCH3 is 1. The number of thioether (sulfide) groups is 1. The molecule has 2 heterocycles. The summed E-state index contributed by atoms with van der Waals surface area (Å²) in [5.74, 6) is 1.17. The van der Waals surface area contributed by atoms with Crippen LogP contribution in [0.25, 0.3) is 10.9 Å². The van der Waals surface area contributed by atoms with Gasteiger partial charge in [0.05, 0.1) is 24.2 Å². The third-order valence-corrected chi connectivity index (χ3v) is 5.37. The molecule has 6 heteroatoms. The van der Waals surface area contributed by atoms with Crippen molar-refractivity contribution >= 4 is 34.3 Å². The van der Waals surface area contributed by atoms with E-state index in [0.717, 1.165) is 16.8 Å². The maximum atomic E-state index is 12.5. The van der Waals surface area contributed by atoms with Crippen molar-refractivity contribution in [3.8, 4) is 11.5 Å². The van der Waals surface area contributed by atoms with Crippen molar-refractivity contribution in [2.24, 2.45) is 0 Å². The Labute approximate surface area is 149 Å². The van der Waals surface area contributed by atoms with E-state index in [1.54, 1.807) is 24.1 Å². The first-order chi connectivity index (χ1) is 12.2. The van der Waals surface area contributed by atoms with Gasteiger partial charge >= 0.3 is 0 Å². The Morgan fingerprint density at radius 1 is 1.16 bits per heavy atom. The first-order valence-electron chi connectivity index (χ1n) is 7.84. The van der Waals surface area contributed by atoms with E-state index in [1.807, 2.05) is 42.5 Å². The number of anilines is 1. The minimum absolute atomic E-state index is 0.0127. The highest BCUT2D eigenvalue weighted by atomic mass is 32.2. The first kappa shape index (κ1) is 15.8. The number of aromatic hydroxyl groups is 1. The Bertz CT molecular complexity index is 960. The molecule has 1 aliphatic rings. The number of aromatic nitrogens is 1. The lowest BCUT2D eigenvalue weighted by molar-refractivity contribution is -0.115. The number of carbonyl (C=O) groups is 1. The molecule has 1 fully saturated rings. The zero-order valence-corrected chi connectivity index (χ0v) is 14.4. The summed E-state index contributed by atoms with van der Waals surface area (Å²) in [5, 5.41) is 10.7. The molecule has 25 heavy (non-hydrogen) atoms. The average Bonchev–Trinajstić information content (AvgIpc) is 3.03. The number of nitrogens with zero attached hydrogens (tertiary/aromatic N) is 2. The number of hydrogen-bond donors (Lipinski definition) is 1. The first-order valence-corrected chi connectivity index (χ1v) is 8.89. The van der Waals surface area contributed by atoms with Crippen LogP contribution >= 0.6 is 11.8 Å². The molecule has 2 aromatic carbocycles. The summed E-state index contributed by atoms with van der Waals surface area (Å²) >= 11 is 1.52. The molecule has 3 aromatic rings. The Hall–Kier alpha value is -2.73. The number of amides is 1. The van der Waals surface area contributed by atoms with Gasteiger partial charge in [-0.2, -0.15) is 0 Å². The van der Waals surface area contributed by atoms with Crippen LogP contribution in [0.1, 0.15) is 11.1 Å². The highest BCUT2D eigenvalue weighted by molar-refractivity contribution is 8.00. The number of ether oxygens (including phenoxy) is 1. The van der Waals surface area contributed by atoms with Crippen LogP contribution in [0, 0.1) is 0 Å². The molecule has 0 aliphatic carbocycles. The molecule has 126 valence electrons. The highest BCUT2D eigenvalue weighted by Crippen LogP contribution is 2.44. The van der Waals surface area contributed by atoms with Gasteiger partial charge < -0.3 is 9.84 Å². The molecular weight excluding hydrogens is 336 g/mol. The van der Waals surface area contributed by atoms with Crippen molar-refractivity contribution in [2.75, 3.05) is 17.8 Å². The Morgan fingerprint density at radius 3 is 2.84 bits per heavy atom. The number of phenolic OH excluding ortho intramolecular Hbond substituents is 1. The van der Waals surface area contributed by atoms with Crippen molar-refractivity contribution in [1.82, 2.24) is 4.98 Å². The van der Waals surface area contributed by atoms with Crippen LogP contribution in [0.4, 0.5) is 5.69 Å². The molecule has 0 saturated carbocycles. The van der Waals surface area contributed by atoms with Crippen LogP contribution in [0.2, 0.25) is 0 Å². The van der Waals surface area contributed by atoms with Crippen LogP contribution in [0.5, 0.6) is 11.5 Å².